The standard InChI is InChI=1S/C14H17FN4O2/c15-12-2-1-10(19-8-5-17-14(19)21)9-11(12)13(20)18-6-3-16-4-7-18/h1-2,9,16H,3-8H2,(H,17,21). The third kappa shape index (κ3) is 2.69. The topological polar surface area (TPSA) is 64.7 Å². The number of hydrogen-bond acceptors (Lipinski definition) is 3. The first-order valence-corrected chi connectivity index (χ1v) is 7.02. The van der Waals surface area contributed by atoms with Crippen molar-refractivity contribution in [3.63, 3.8) is 0 Å². The molecule has 112 valence electrons. The zero-order valence-corrected chi connectivity index (χ0v) is 11.6. The maximum absolute atomic E-state index is 14.0. The zero-order chi connectivity index (χ0) is 14.8. The first-order valence-electron chi connectivity index (χ1n) is 7.02. The number of anilines is 1. The van der Waals surface area contributed by atoms with E-state index in [1.807, 2.05) is 0 Å². The Morgan fingerprint density at radius 2 is 1.90 bits per heavy atom. The minimum absolute atomic E-state index is 0.0223. The van der Waals surface area contributed by atoms with E-state index < -0.39 is 5.82 Å². The van der Waals surface area contributed by atoms with E-state index in [2.05, 4.69) is 10.6 Å². The van der Waals surface area contributed by atoms with Crippen LogP contribution in [0.2, 0.25) is 0 Å². The van der Waals surface area contributed by atoms with E-state index in [1.54, 1.807) is 4.90 Å². The van der Waals surface area contributed by atoms with E-state index in [0.29, 0.717) is 45.0 Å². The molecule has 2 fully saturated rings. The van der Waals surface area contributed by atoms with Crippen LogP contribution in [0.25, 0.3) is 0 Å². The van der Waals surface area contributed by atoms with Gasteiger partial charge < -0.3 is 15.5 Å². The van der Waals surface area contributed by atoms with Gasteiger partial charge in [-0.2, -0.15) is 0 Å². The normalized spacial score (nSPS) is 18.8. The highest BCUT2D eigenvalue weighted by molar-refractivity contribution is 5.98. The molecule has 0 saturated carbocycles. The molecular formula is C14H17FN4O2. The lowest BCUT2D eigenvalue weighted by Gasteiger charge is -2.28. The molecule has 6 nitrogen and oxygen atoms in total. The van der Waals surface area contributed by atoms with Crippen LogP contribution in [0.4, 0.5) is 14.9 Å². The summed E-state index contributed by atoms with van der Waals surface area (Å²) < 4.78 is 14.0. The summed E-state index contributed by atoms with van der Waals surface area (Å²) in [5.74, 6) is -0.877. The van der Waals surface area contributed by atoms with Gasteiger partial charge in [-0.15, -0.1) is 0 Å². The number of rotatable bonds is 2. The number of piperazine rings is 1. The molecule has 1 aromatic rings. The monoisotopic (exact) mass is 292 g/mol. The molecule has 0 atom stereocenters. The molecule has 0 spiro atoms. The Morgan fingerprint density at radius 1 is 1.14 bits per heavy atom. The molecule has 2 heterocycles. The predicted octanol–water partition coefficient (Wildman–Crippen LogP) is 0.401. The smallest absolute Gasteiger partial charge is 0.321 e. The SMILES string of the molecule is O=C(c1cc(N2CCNC2=O)ccc1F)N1CCNCC1. The summed E-state index contributed by atoms with van der Waals surface area (Å²) in [4.78, 5) is 27.2. The highest BCUT2D eigenvalue weighted by atomic mass is 19.1. The van der Waals surface area contributed by atoms with Gasteiger partial charge in [0.25, 0.3) is 5.91 Å². The summed E-state index contributed by atoms with van der Waals surface area (Å²) >= 11 is 0. The number of benzene rings is 1. The van der Waals surface area contributed by atoms with Crippen molar-refractivity contribution < 1.29 is 14.0 Å². The van der Waals surface area contributed by atoms with Crippen molar-refractivity contribution >= 4 is 17.6 Å². The molecule has 3 rings (SSSR count). The molecule has 0 aliphatic carbocycles. The summed E-state index contributed by atoms with van der Waals surface area (Å²) in [6.07, 6.45) is 0. The Kier molecular flexibility index (Phi) is 3.74. The van der Waals surface area contributed by atoms with E-state index in [9.17, 15) is 14.0 Å². The number of nitrogens with one attached hydrogen (secondary N) is 2. The minimum atomic E-state index is -0.554. The van der Waals surface area contributed by atoms with Gasteiger partial charge in [-0.1, -0.05) is 0 Å². The third-order valence-corrected chi connectivity index (χ3v) is 3.75. The highest BCUT2D eigenvalue weighted by Gasteiger charge is 2.25. The molecule has 0 bridgehead atoms. The number of nitrogens with zero attached hydrogens (tertiary/aromatic N) is 2. The molecule has 1 aromatic carbocycles. The zero-order valence-electron chi connectivity index (χ0n) is 11.6. The molecule has 0 radical (unpaired) electrons. The second-order valence-corrected chi connectivity index (χ2v) is 5.09. The molecule has 2 saturated heterocycles. The Hall–Kier alpha value is -2.15. The molecule has 3 amide bonds. The second kappa shape index (κ2) is 5.69. The maximum atomic E-state index is 14.0. The number of carbonyl (C=O) groups is 2. The average Bonchev–Trinajstić information content (AvgIpc) is 2.94. The lowest BCUT2D eigenvalue weighted by atomic mass is 10.1. The van der Waals surface area contributed by atoms with Crippen molar-refractivity contribution in [3.8, 4) is 0 Å². The van der Waals surface area contributed by atoms with E-state index >= 15 is 0 Å². The number of carbonyl (C=O) groups excluding carboxylic acids is 2. The van der Waals surface area contributed by atoms with Gasteiger partial charge in [0.2, 0.25) is 0 Å². The third-order valence-electron chi connectivity index (χ3n) is 3.75. The number of hydrogen-bond donors (Lipinski definition) is 2. The molecule has 21 heavy (non-hydrogen) atoms. The second-order valence-electron chi connectivity index (χ2n) is 5.09. The van der Waals surface area contributed by atoms with Crippen molar-refractivity contribution in [2.24, 2.45) is 0 Å². The van der Waals surface area contributed by atoms with Gasteiger partial charge in [-0.3, -0.25) is 9.69 Å². The molecule has 2 aliphatic heterocycles. The van der Waals surface area contributed by atoms with Crippen LogP contribution in [0, 0.1) is 5.82 Å². The molecule has 0 unspecified atom stereocenters. The van der Waals surface area contributed by atoms with Crippen LogP contribution in [0.3, 0.4) is 0 Å². The first-order chi connectivity index (χ1) is 10.2. The van der Waals surface area contributed by atoms with Crippen molar-refractivity contribution in [1.29, 1.82) is 0 Å². The van der Waals surface area contributed by atoms with Gasteiger partial charge in [-0.05, 0) is 18.2 Å². The van der Waals surface area contributed by atoms with Gasteiger partial charge in [0.1, 0.15) is 5.82 Å². The average molecular weight is 292 g/mol. The number of halogens is 1. The highest BCUT2D eigenvalue weighted by Crippen LogP contribution is 2.21. The van der Waals surface area contributed by atoms with Crippen LogP contribution in [0.1, 0.15) is 10.4 Å². The van der Waals surface area contributed by atoms with Crippen LogP contribution in [0.5, 0.6) is 0 Å². The summed E-state index contributed by atoms with van der Waals surface area (Å²) in [5, 5.41) is 5.83. The summed E-state index contributed by atoms with van der Waals surface area (Å²) in [7, 11) is 0. The fraction of sp³-hybridized carbons (Fsp3) is 0.429. The van der Waals surface area contributed by atoms with Gasteiger partial charge >= 0.3 is 6.03 Å². The molecule has 7 heteroatoms. The Bertz CT molecular complexity index is 572. The fourth-order valence-corrected chi connectivity index (χ4v) is 2.60. The van der Waals surface area contributed by atoms with Crippen molar-refractivity contribution in [2.75, 3.05) is 44.2 Å². The van der Waals surface area contributed by atoms with Crippen LogP contribution in [-0.2, 0) is 0 Å². The Labute approximate surface area is 121 Å². The molecule has 2 aliphatic rings. The number of amides is 3. The first kappa shape index (κ1) is 13.8. The van der Waals surface area contributed by atoms with Crippen molar-refractivity contribution in [2.45, 2.75) is 0 Å². The van der Waals surface area contributed by atoms with Gasteiger partial charge in [0, 0.05) is 45.0 Å². The van der Waals surface area contributed by atoms with E-state index in [-0.39, 0.29) is 17.5 Å². The van der Waals surface area contributed by atoms with Crippen LogP contribution < -0.4 is 15.5 Å². The van der Waals surface area contributed by atoms with Crippen LogP contribution in [-0.4, -0.2) is 56.1 Å². The van der Waals surface area contributed by atoms with Crippen LogP contribution in [0.15, 0.2) is 18.2 Å². The van der Waals surface area contributed by atoms with Crippen molar-refractivity contribution in [1.82, 2.24) is 15.5 Å². The Balaban J connectivity index is 1.87. The summed E-state index contributed by atoms with van der Waals surface area (Å²) in [6.45, 7) is 3.62. The minimum Gasteiger partial charge on any atom is -0.336 e. The summed E-state index contributed by atoms with van der Waals surface area (Å²) in [5.41, 5.74) is 0.569. The Morgan fingerprint density at radius 3 is 2.57 bits per heavy atom. The lowest BCUT2D eigenvalue weighted by Crippen LogP contribution is -2.46. The molecular weight excluding hydrogens is 275 g/mol. The van der Waals surface area contributed by atoms with E-state index in [4.69, 9.17) is 0 Å². The number of urea groups is 1. The summed E-state index contributed by atoms with van der Waals surface area (Å²) in [6, 6.07) is 4.01. The maximum Gasteiger partial charge on any atom is 0.321 e. The largest absolute Gasteiger partial charge is 0.336 e. The molecule has 0 aromatic heterocycles. The van der Waals surface area contributed by atoms with Crippen LogP contribution >= 0.6 is 0 Å². The van der Waals surface area contributed by atoms with Gasteiger partial charge in [0.15, 0.2) is 0 Å². The van der Waals surface area contributed by atoms with E-state index in [1.165, 1.54) is 23.1 Å². The van der Waals surface area contributed by atoms with E-state index in [0.717, 1.165) is 0 Å². The quantitative estimate of drug-likeness (QED) is 0.829. The lowest BCUT2D eigenvalue weighted by molar-refractivity contribution is 0.0731. The predicted molar refractivity (Wildman–Crippen MR) is 75.9 cm³/mol. The molecule has 2 N–H and O–H groups in total. The van der Waals surface area contributed by atoms with Gasteiger partial charge in [0.05, 0.1) is 5.56 Å². The van der Waals surface area contributed by atoms with Crippen molar-refractivity contribution in [3.05, 3.63) is 29.6 Å². The fourth-order valence-electron chi connectivity index (χ4n) is 2.60. The van der Waals surface area contributed by atoms with Gasteiger partial charge in [-0.25, -0.2) is 9.18 Å².